The van der Waals surface area contributed by atoms with Crippen molar-refractivity contribution in [2.45, 2.75) is 24.5 Å². The molecule has 0 aliphatic carbocycles. The van der Waals surface area contributed by atoms with E-state index < -0.39 is 24.2 Å². The van der Waals surface area contributed by atoms with Gasteiger partial charge in [-0.1, -0.05) is 72.2 Å². The number of oxime groups is 1. The molecule has 1 aliphatic rings. The molecule has 0 atom stereocenters. The van der Waals surface area contributed by atoms with Crippen molar-refractivity contribution in [3.8, 4) is 11.5 Å². The van der Waals surface area contributed by atoms with Crippen LogP contribution in [0.1, 0.15) is 13.3 Å². The third-order valence-corrected chi connectivity index (χ3v) is 6.71. The maximum absolute atomic E-state index is 10.7. The Morgan fingerprint density at radius 2 is 1.43 bits per heavy atom. The Kier molecular flexibility index (Phi) is 10.6. The van der Waals surface area contributed by atoms with Gasteiger partial charge in [0.05, 0.1) is 5.75 Å². The molecular weight excluding hydrogens is 562 g/mol. The normalized spacial score (nSPS) is 12.2. The SMILES string of the molecule is CCC(=NO)C(=O)O.O=C(O)C1Oc2cc3ccccc3cc2O1.O=C(O)CSc1cccc2cccc(Cl)c12. The van der Waals surface area contributed by atoms with E-state index in [1.165, 1.54) is 11.8 Å². The van der Waals surface area contributed by atoms with E-state index in [4.69, 9.17) is 41.6 Å². The molecule has 208 valence electrons. The van der Waals surface area contributed by atoms with E-state index in [0.29, 0.717) is 16.5 Å². The Morgan fingerprint density at radius 3 is 1.88 bits per heavy atom. The summed E-state index contributed by atoms with van der Waals surface area (Å²) in [5.41, 5.74) is -0.218. The summed E-state index contributed by atoms with van der Waals surface area (Å²) >= 11 is 7.40. The zero-order chi connectivity index (χ0) is 29.2. The van der Waals surface area contributed by atoms with Crippen molar-refractivity contribution in [1.82, 2.24) is 0 Å². The highest BCUT2D eigenvalue weighted by atomic mass is 35.5. The van der Waals surface area contributed by atoms with Crippen LogP contribution in [0.15, 0.2) is 82.8 Å². The third-order valence-electron chi connectivity index (χ3n) is 5.35. The number of ether oxygens (including phenoxy) is 2. The average Bonchev–Trinajstić information content (AvgIpc) is 3.35. The van der Waals surface area contributed by atoms with Crippen LogP contribution >= 0.6 is 23.4 Å². The largest absolute Gasteiger partial charge is 0.481 e. The molecule has 5 rings (SSSR count). The van der Waals surface area contributed by atoms with E-state index in [1.54, 1.807) is 19.1 Å². The molecule has 0 amide bonds. The topological polar surface area (TPSA) is 163 Å². The van der Waals surface area contributed by atoms with Crippen molar-refractivity contribution in [3.05, 3.63) is 77.8 Å². The van der Waals surface area contributed by atoms with Gasteiger partial charge >= 0.3 is 24.2 Å². The fourth-order valence-corrected chi connectivity index (χ4v) is 4.69. The monoisotopic (exact) mass is 585 g/mol. The highest BCUT2D eigenvalue weighted by Gasteiger charge is 2.30. The molecule has 40 heavy (non-hydrogen) atoms. The first-order valence-electron chi connectivity index (χ1n) is 11.7. The first kappa shape index (κ1) is 30.1. The van der Waals surface area contributed by atoms with E-state index in [9.17, 15) is 14.4 Å². The maximum Gasteiger partial charge on any atom is 0.387 e. The summed E-state index contributed by atoms with van der Waals surface area (Å²) in [5.74, 6) is -2.12. The minimum Gasteiger partial charge on any atom is -0.481 e. The van der Waals surface area contributed by atoms with Crippen LogP contribution in [0.3, 0.4) is 0 Å². The summed E-state index contributed by atoms with van der Waals surface area (Å²) in [7, 11) is 0. The molecule has 0 saturated carbocycles. The highest BCUT2D eigenvalue weighted by Crippen LogP contribution is 2.38. The average molecular weight is 586 g/mol. The second-order valence-electron chi connectivity index (χ2n) is 8.03. The summed E-state index contributed by atoms with van der Waals surface area (Å²) < 4.78 is 10.3. The van der Waals surface area contributed by atoms with Crippen molar-refractivity contribution in [2.75, 3.05) is 5.75 Å². The van der Waals surface area contributed by atoms with Gasteiger partial charge in [0, 0.05) is 15.3 Å². The lowest BCUT2D eigenvalue weighted by atomic mass is 10.1. The molecule has 1 aliphatic heterocycles. The molecule has 0 bridgehead atoms. The Balaban J connectivity index is 0.000000176. The van der Waals surface area contributed by atoms with Gasteiger partial charge in [-0.25, -0.2) is 9.59 Å². The fourth-order valence-electron chi connectivity index (χ4n) is 3.52. The number of rotatable bonds is 6. The zero-order valence-electron chi connectivity index (χ0n) is 21.0. The molecule has 0 spiro atoms. The van der Waals surface area contributed by atoms with Gasteiger partial charge in [-0.2, -0.15) is 0 Å². The standard InChI is InChI=1S/C12H9ClO2S.C12H8O4.C4H7NO3/c13-9-5-1-3-8-4-2-6-10(12(8)9)16-7-11(14)15;13-11(14)12-15-9-5-7-3-1-2-4-8(7)6-10(9)16-12;1-2-3(5-8)4(6)7/h1-6H,7H2,(H,14,15);1-6,12H,(H,13,14);8H,2H2,1H3,(H,6,7). The second-order valence-corrected chi connectivity index (χ2v) is 9.46. The highest BCUT2D eigenvalue weighted by molar-refractivity contribution is 8.00. The summed E-state index contributed by atoms with van der Waals surface area (Å²) in [4.78, 5) is 32.0. The van der Waals surface area contributed by atoms with Crippen LogP contribution < -0.4 is 9.47 Å². The van der Waals surface area contributed by atoms with E-state index in [0.717, 1.165) is 26.4 Å². The van der Waals surface area contributed by atoms with Gasteiger partial charge in [0.1, 0.15) is 0 Å². The van der Waals surface area contributed by atoms with Crippen LogP contribution in [-0.4, -0.2) is 56.2 Å². The molecular formula is C28H24ClNO9S. The van der Waals surface area contributed by atoms with E-state index in [2.05, 4.69) is 5.16 Å². The number of carbonyl (C=O) groups is 3. The van der Waals surface area contributed by atoms with Crippen LogP contribution in [0.4, 0.5) is 0 Å². The Morgan fingerprint density at radius 1 is 0.875 bits per heavy atom. The van der Waals surface area contributed by atoms with Gasteiger partial charge in [-0.05, 0) is 46.8 Å². The molecule has 10 nitrogen and oxygen atoms in total. The molecule has 0 unspecified atom stereocenters. The van der Waals surface area contributed by atoms with E-state index >= 15 is 0 Å². The number of nitrogens with zero attached hydrogens (tertiary/aromatic N) is 1. The van der Waals surface area contributed by atoms with Crippen LogP contribution in [0.25, 0.3) is 21.5 Å². The summed E-state index contributed by atoms with van der Waals surface area (Å²) in [6, 6.07) is 22.7. The van der Waals surface area contributed by atoms with Crippen molar-refractivity contribution in [2.24, 2.45) is 5.16 Å². The van der Waals surface area contributed by atoms with Gasteiger partial charge in [-0.15, -0.1) is 11.8 Å². The fraction of sp³-hybridized carbons (Fsp3) is 0.143. The predicted octanol–water partition coefficient (Wildman–Crippen LogP) is 6.00. The Bertz CT molecular complexity index is 1520. The maximum atomic E-state index is 10.7. The van der Waals surface area contributed by atoms with Crippen LogP contribution in [0.2, 0.25) is 5.02 Å². The molecule has 4 aromatic rings. The number of halogens is 1. The molecule has 0 saturated heterocycles. The zero-order valence-corrected chi connectivity index (χ0v) is 22.6. The van der Waals surface area contributed by atoms with E-state index in [-0.39, 0.29) is 17.9 Å². The number of fused-ring (bicyclic) bond motifs is 3. The number of hydrogen-bond acceptors (Lipinski definition) is 8. The second kappa shape index (κ2) is 14.1. The third kappa shape index (κ3) is 7.78. The number of hydrogen-bond donors (Lipinski definition) is 4. The van der Waals surface area contributed by atoms with Crippen LogP contribution in [0, 0.1) is 0 Å². The van der Waals surface area contributed by atoms with Crippen molar-refractivity contribution >= 4 is 68.5 Å². The van der Waals surface area contributed by atoms with Crippen LogP contribution in [-0.2, 0) is 14.4 Å². The van der Waals surface area contributed by atoms with Gasteiger partial charge in [0.15, 0.2) is 17.2 Å². The number of thioether (sulfide) groups is 1. The quantitative estimate of drug-likeness (QED) is 0.0912. The number of carboxylic acid groups (broad SMARTS) is 3. The lowest BCUT2D eigenvalue weighted by Gasteiger charge is -2.06. The minimum atomic E-state index is -1.23. The number of carboxylic acids is 3. The van der Waals surface area contributed by atoms with Gasteiger partial charge in [0.2, 0.25) is 0 Å². The number of benzene rings is 4. The Labute approximate surface area is 237 Å². The van der Waals surface area contributed by atoms with Crippen molar-refractivity contribution in [3.63, 3.8) is 0 Å². The first-order chi connectivity index (χ1) is 19.1. The van der Waals surface area contributed by atoms with Gasteiger partial charge in [-0.3, -0.25) is 4.79 Å². The summed E-state index contributed by atoms with van der Waals surface area (Å²) in [6.45, 7) is 1.60. The minimum absolute atomic E-state index is 0.0460. The molecule has 4 N–H and O–H groups in total. The molecule has 0 radical (unpaired) electrons. The van der Waals surface area contributed by atoms with Crippen LogP contribution in [0.5, 0.6) is 11.5 Å². The molecule has 0 fully saturated rings. The molecule has 4 aromatic carbocycles. The smallest absolute Gasteiger partial charge is 0.387 e. The molecule has 12 heteroatoms. The summed E-state index contributed by atoms with van der Waals surface area (Å²) in [6.07, 6.45) is -0.988. The molecule has 1 heterocycles. The number of aliphatic carboxylic acids is 3. The summed E-state index contributed by atoms with van der Waals surface area (Å²) in [5, 5.41) is 40.6. The van der Waals surface area contributed by atoms with Gasteiger partial charge in [0.25, 0.3) is 0 Å². The first-order valence-corrected chi connectivity index (χ1v) is 13.1. The van der Waals surface area contributed by atoms with Crippen molar-refractivity contribution in [1.29, 1.82) is 0 Å². The predicted molar refractivity (Wildman–Crippen MR) is 151 cm³/mol. The Hall–Kier alpha value is -4.48. The lowest BCUT2D eigenvalue weighted by Crippen LogP contribution is -2.28. The van der Waals surface area contributed by atoms with Gasteiger partial charge < -0.3 is 30.0 Å². The molecule has 0 aromatic heterocycles. The van der Waals surface area contributed by atoms with E-state index in [1.807, 2.05) is 60.7 Å². The lowest BCUT2D eigenvalue weighted by molar-refractivity contribution is -0.154. The van der Waals surface area contributed by atoms with Crippen molar-refractivity contribution < 1.29 is 44.4 Å².